The minimum Gasteiger partial charge on any atom is -0.326 e. The highest BCUT2D eigenvalue weighted by Gasteiger charge is 1.91. The van der Waals surface area contributed by atoms with Gasteiger partial charge in [-0.15, -0.1) is 0 Å². The second-order valence-corrected chi connectivity index (χ2v) is 7.50. The van der Waals surface area contributed by atoms with E-state index in [0.29, 0.717) is 13.1 Å². The van der Waals surface area contributed by atoms with Crippen LogP contribution in [0.25, 0.3) is 12.2 Å². The predicted octanol–water partition coefficient (Wildman–Crippen LogP) is 7.24. The van der Waals surface area contributed by atoms with E-state index in [0.717, 1.165) is 34.1 Å². The van der Waals surface area contributed by atoms with Gasteiger partial charge in [-0.1, -0.05) is 135 Å². The third-order valence-electron chi connectivity index (χ3n) is 4.92. The Morgan fingerprint density at radius 3 is 1.46 bits per heavy atom. The number of hydrogen-bond donors (Lipinski definition) is 1. The van der Waals surface area contributed by atoms with Crippen molar-refractivity contribution >= 4 is 24.7 Å². The van der Waals surface area contributed by atoms with E-state index in [1.54, 1.807) is 12.1 Å². The van der Waals surface area contributed by atoms with Gasteiger partial charge in [0.1, 0.15) is 6.29 Å². The first kappa shape index (κ1) is 26.9. The van der Waals surface area contributed by atoms with Crippen molar-refractivity contribution in [3.63, 3.8) is 0 Å². The lowest BCUT2D eigenvalue weighted by Gasteiger charge is -1.97. The second kappa shape index (κ2) is 16.3. The summed E-state index contributed by atoms with van der Waals surface area (Å²) in [6.45, 7) is 8.71. The van der Waals surface area contributed by atoms with Crippen molar-refractivity contribution < 1.29 is 4.79 Å². The molecule has 0 radical (unpaired) electrons. The number of carbonyl (C=O) groups excluding carboxylic acids is 1. The zero-order valence-corrected chi connectivity index (χ0v) is 20.0. The van der Waals surface area contributed by atoms with E-state index >= 15 is 0 Å². The number of carbonyl (C=O) groups is 1. The van der Waals surface area contributed by atoms with Gasteiger partial charge in [0.25, 0.3) is 0 Å². The average molecular weight is 461 g/mol. The topological polar surface area (TPSA) is 55.4 Å². The van der Waals surface area contributed by atoms with Crippen molar-refractivity contribution in [3.05, 3.63) is 156 Å². The number of nitrogens with zero attached hydrogens (tertiary/aromatic N) is 1. The first-order chi connectivity index (χ1) is 17.2. The SMILES string of the molecule is C=Cc1ccc(CN)cc1.C=Cc1ccc(CN=Cc2ccccc2)cc1.O=Cc1ccccc1. The highest BCUT2D eigenvalue weighted by molar-refractivity contribution is 5.79. The molecular formula is C32H32N2O. The number of benzene rings is 4. The zero-order valence-electron chi connectivity index (χ0n) is 20.0. The van der Waals surface area contributed by atoms with E-state index < -0.39 is 0 Å². The monoisotopic (exact) mass is 460 g/mol. The maximum atomic E-state index is 10.0. The highest BCUT2D eigenvalue weighted by Crippen LogP contribution is 2.07. The van der Waals surface area contributed by atoms with Crippen LogP contribution in [0.1, 0.15) is 38.2 Å². The number of hydrogen-bond acceptors (Lipinski definition) is 3. The van der Waals surface area contributed by atoms with Crippen LogP contribution in [-0.4, -0.2) is 12.5 Å². The summed E-state index contributed by atoms with van der Waals surface area (Å²) in [6, 6.07) is 35.5. The third kappa shape index (κ3) is 10.9. The molecule has 3 heteroatoms. The third-order valence-corrected chi connectivity index (χ3v) is 4.92. The molecule has 0 heterocycles. The van der Waals surface area contributed by atoms with E-state index in [2.05, 4.69) is 42.4 Å². The van der Waals surface area contributed by atoms with Gasteiger partial charge < -0.3 is 5.73 Å². The summed E-state index contributed by atoms with van der Waals surface area (Å²) in [4.78, 5) is 14.4. The van der Waals surface area contributed by atoms with Crippen LogP contribution >= 0.6 is 0 Å². The molecule has 0 saturated heterocycles. The Balaban J connectivity index is 0.000000204. The van der Waals surface area contributed by atoms with E-state index in [9.17, 15) is 4.79 Å². The quantitative estimate of drug-likeness (QED) is 0.233. The summed E-state index contributed by atoms with van der Waals surface area (Å²) in [5.41, 5.74) is 11.9. The lowest BCUT2D eigenvalue weighted by Crippen LogP contribution is -1.94. The molecule has 0 aliphatic rings. The molecule has 35 heavy (non-hydrogen) atoms. The predicted molar refractivity (Wildman–Crippen MR) is 151 cm³/mol. The van der Waals surface area contributed by atoms with Crippen molar-refractivity contribution in [2.45, 2.75) is 13.1 Å². The van der Waals surface area contributed by atoms with Gasteiger partial charge in [0.15, 0.2) is 0 Å². The molecule has 0 aliphatic carbocycles. The number of aliphatic imine (C=N–C) groups is 1. The van der Waals surface area contributed by atoms with E-state index in [4.69, 9.17) is 5.73 Å². The number of aldehydes is 1. The Hall–Kier alpha value is -4.34. The molecule has 3 nitrogen and oxygen atoms in total. The standard InChI is InChI=1S/C16H15N.C9H11N.C7H6O/c1-2-14-8-10-16(11-9-14)13-17-12-15-6-4-3-5-7-15;1-2-8-3-5-9(7-10)6-4-8;8-6-7-4-2-1-3-5-7/h2-12H,1,13H2;2-6H,1,7,10H2;1-6H. The molecule has 4 aromatic rings. The molecule has 4 rings (SSSR count). The Morgan fingerprint density at radius 2 is 1.06 bits per heavy atom. The van der Waals surface area contributed by atoms with Crippen LogP contribution in [0, 0.1) is 0 Å². The first-order valence-electron chi connectivity index (χ1n) is 11.4. The van der Waals surface area contributed by atoms with E-state index in [-0.39, 0.29) is 0 Å². The summed E-state index contributed by atoms with van der Waals surface area (Å²) in [6.07, 6.45) is 6.40. The fourth-order valence-electron chi connectivity index (χ4n) is 2.88. The maximum Gasteiger partial charge on any atom is 0.150 e. The lowest BCUT2D eigenvalue weighted by atomic mass is 10.1. The van der Waals surface area contributed by atoms with Crippen molar-refractivity contribution in [2.24, 2.45) is 10.7 Å². The fraction of sp³-hybridized carbons (Fsp3) is 0.0625. The number of rotatable bonds is 7. The van der Waals surface area contributed by atoms with Crippen LogP contribution in [0.2, 0.25) is 0 Å². The molecule has 2 N–H and O–H groups in total. The summed E-state index contributed by atoms with van der Waals surface area (Å²) in [5.74, 6) is 0. The fourth-order valence-corrected chi connectivity index (χ4v) is 2.88. The Bertz CT molecular complexity index is 1160. The van der Waals surface area contributed by atoms with Gasteiger partial charge in [0.2, 0.25) is 0 Å². The summed E-state index contributed by atoms with van der Waals surface area (Å²) < 4.78 is 0. The average Bonchev–Trinajstić information content (AvgIpc) is 2.95. The molecule has 0 spiro atoms. The molecule has 4 aromatic carbocycles. The van der Waals surface area contributed by atoms with Gasteiger partial charge >= 0.3 is 0 Å². The van der Waals surface area contributed by atoms with Crippen molar-refractivity contribution in [1.82, 2.24) is 0 Å². The number of nitrogens with two attached hydrogens (primary N) is 1. The molecule has 0 aromatic heterocycles. The zero-order chi connectivity index (χ0) is 25.1. The van der Waals surface area contributed by atoms with Gasteiger partial charge in [-0.05, 0) is 27.8 Å². The van der Waals surface area contributed by atoms with Crippen LogP contribution < -0.4 is 5.73 Å². The summed E-state index contributed by atoms with van der Waals surface area (Å²) >= 11 is 0. The largest absolute Gasteiger partial charge is 0.326 e. The van der Waals surface area contributed by atoms with Crippen LogP contribution in [0.15, 0.2) is 127 Å². The van der Waals surface area contributed by atoms with E-state index in [1.807, 2.05) is 91.2 Å². The van der Waals surface area contributed by atoms with Gasteiger partial charge in [-0.25, -0.2) is 0 Å². The Labute approximate surface area is 209 Å². The molecule has 0 aliphatic heterocycles. The van der Waals surface area contributed by atoms with Crippen molar-refractivity contribution in [3.8, 4) is 0 Å². The van der Waals surface area contributed by atoms with Crippen molar-refractivity contribution in [1.29, 1.82) is 0 Å². The molecule has 176 valence electrons. The van der Waals surface area contributed by atoms with Crippen LogP contribution in [0.3, 0.4) is 0 Å². The molecular weight excluding hydrogens is 428 g/mol. The molecule has 0 unspecified atom stereocenters. The van der Waals surface area contributed by atoms with Crippen LogP contribution in [0.4, 0.5) is 0 Å². The van der Waals surface area contributed by atoms with E-state index in [1.165, 1.54) is 5.56 Å². The smallest absolute Gasteiger partial charge is 0.150 e. The lowest BCUT2D eigenvalue weighted by molar-refractivity contribution is 0.112. The maximum absolute atomic E-state index is 10.0. The molecule has 0 atom stereocenters. The van der Waals surface area contributed by atoms with Gasteiger partial charge in [-0.2, -0.15) is 0 Å². The summed E-state index contributed by atoms with van der Waals surface area (Å²) in [7, 11) is 0. The van der Waals surface area contributed by atoms with Crippen LogP contribution in [0.5, 0.6) is 0 Å². The normalized spacial score (nSPS) is 9.74. The summed E-state index contributed by atoms with van der Waals surface area (Å²) in [5, 5.41) is 0. The molecule has 0 amide bonds. The minimum atomic E-state index is 0.609. The van der Waals surface area contributed by atoms with Crippen molar-refractivity contribution in [2.75, 3.05) is 0 Å². The first-order valence-corrected chi connectivity index (χ1v) is 11.4. The highest BCUT2D eigenvalue weighted by atomic mass is 16.1. The van der Waals surface area contributed by atoms with Crippen LogP contribution in [-0.2, 0) is 13.1 Å². The Kier molecular flexibility index (Phi) is 12.5. The van der Waals surface area contributed by atoms with Gasteiger partial charge in [0, 0.05) is 18.3 Å². The molecule has 0 bridgehead atoms. The molecule has 0 fully saturated rings. The van der Waals surface area contributed by atoms with Gasteiger partial charge in [0.05, 0.1) is 6.54 Å². The Morgan fingerprint density at radius 1 is 0.600 bits per heavy atom. The van der Waals surface area contributed by atoms with Gasteiger partial charge in [-0.3, -0.25) is 9.79 Å². The molecule has 0 saturated carbocycles. The minimum absolute atomic E-state index is 0.609. The second-order valence-electron chi connectivity index (χ2n) is 7.50.